The first-order valence-corrected chi connectivity index (χ1v) is 8.20. The molecule has 0 fully saturated rings. The van der Waals surface area contributed by atoms with Crippen LogP contribution in [0, 0.1) is 19.7 Å². The van der Waals surface area contributed by atoms with Crippen molar-refractivity contribution in [3.8, 4) is 0 Å². The van der Waals surface area contributed by atoms with Gasteiger partial charge in [0.2, 0.25) is 5.60 Å². The topological polar surface area (TPSA) is 68.5 Å². The van der Waals surface area contributed by atoms with Crippen LogP contribution in [0.2, 0.25) is 0 Å². The molecule has 0 spiro atoms. The van der Waals surface area contributed by atoms with Crippen LogP contribution in [-0.4, -0.2) is 27.0 Å². The lowest BCUT2D eigenvalue weighted by Gasteiger charge is -2.20. The Morgan fingerprint density at radius 3 is 2.84 bits per heavy atom. The van der Waals surface area contributed by atoms with Gasteiger partial charge in [0.15, 0.2) is 0 Å². The Morgan fingerprint density at radius 1 is 1.44 bits per heavy atom. The molecule has 0 bridgehead atoms. The van der Waals surface area contributed by atoms with Crippen LogP contribution in [0.1, 0.15) is 37.2 Å². The molecular formula is C18H21FN4O2. The summed E-state index contributed by atoms with van der Waals surface area (Å²) in [6.45, 7) is 8.15. The molecule has 1 aromatic heterocycles. The van der Waals surface area contributed by atoms with Crippen molar-refractivity contribution in [3.63, 3.8) is 0 Å². The Labute approximate surface area is 145 Å². The maximum Gasteiger partial charge on any atom is 0.271 e. The number of nitrogens with zero attached hydrogens (tertiary/aromatic N) is 3. The molecule has 1 aromatic carbocycles. The van der Waals surface area contributed by atoms with Gasteiger partial charge >= 0.3 is 0 Å². The van der Waals surface area contributed by atoms with E-state index >= 15 is 0 Å². The number of hydrogen-bond donors (Lipinski definition) is 1. The van der Waals surface area contributed by atoms with Gasteiger partial charge in [0.1, 0.15) is 5.82 Å². The second-order valence-electron chi connectivity index (χ2n) is 6.36. The minimum atomic E-state index is -1.14. The molecular weight excluding hydrogens is 323 g/mol. The second kappa shape index (κ2) is 6.31. The monoisotopic (exact) mass is 344 g/mol. The second-order valence-corrected chi connectivity index (χ2v) is 6.36. The zero-order valence-corrected chi connectivity index (χ0v) is 14.8. The molecule has 0 aliphatic carbocycles. The molecule has 6 nitrogen and oxygen atoms in total. The molecule has 0 saturated heterocycles. The van der Waals surface area contributed by atoms with Crippen LogP contribution in [0.3, 0.4) is 0 Å². The predicted octanol–water partition coefficient (Wildman–Crippen LogP) is 3.18. The van der Waals surface area contributed by atoms with Crippen molar-refractivity contribution in [3.05, 3.63) is 47.0 Å². The van der Waals surface area contributed by atoms with E-state index in [0.29, 0.717) is 17.0 Å². The Balaban J connectivity index is 1.77. The van der Waals surface area contributed by atoms with Gasteiger partial charge in [-0.15, -0.1) is 0 Å². The van der Waals surface area contributed by atoms with E-state index in [1.807, 2.05) is 25.5 Å². The van der Waals surface area contributed by atoms with E-state index in [-0.39, 0.29) is 18.1 Å². The Morgan fingerprint density at radius 2 is 2.20 bits per heavy atom. The van der Waals surface area contributed by atoms with Gasteiger partial charge in [-0.05, 0) is 39.8 Å². The normalized spacial score (nSPS) is 19.5. The highest BCUT2D eigenvalue weighted by atomic mass is 19.1. The summed E-state index contributed by atoms with van der Waals surface area (Å²) in [4.78, 5) is 18.2. The molecule has 1 atom stereocenters. The van der Waals surface area contributed by atoms with Crippen molar-refractivity contribution in [1.82, 2.24) is 9.78 Å². The summed E-state index contributed by atoms with van der Waals surface area (Å²) in [7, 11) is 0. The highest BCUT2D eigenvalue weighted by molar-refractivity contribution is 6.08. The van der Waals surface area contributed by atoms with Crippen molar-refractivity contribution < 1.29 is 14.0 Å². The first-order chi connectivity index (χ1) is 11.8. The molecule has 1 amide bonds. The number of hydrogen-bond acceptors (Lipinski definition) is 4. The lowest BCUT2D eigenvalue weighted by atomic mass is 9.95. The number of amides is 1. The number of carbonyl (C=O) groups excluding carboxylic acids is 1. The Hall–Kier alpha value is -2.70. The number of carbonyl (C=O) groups is 1. The standard InChI is InChI=1S/C18H21FN4O2/c1-5-23-12(3)16(11(2)21-23)20-17(24)18(4)10-15(22-25-18)13-7-6-8-14(19)9-13/h6-9H,5,10H2,1-4H3,(H,20,24)/t18-/m1/s1. The summed E-state index contributed by atoms with van der Waals surface area (Å²) < 4.78 is 15.2. The highest BCUT2D eigenvalue weighted by Crippen LogP contribution is 2.29. The van der Waals surface area contributed by atoms with Gasteiger partial charge < -0.3 is 10.2 Å². The molecule has 0 radical (unpaired) electrons. The summed E-state index contributed by atoms with van der Waals surface area (Å²) in [5, 5.41) is 11.3. The largest absolute Gasteiger partial charge is 0.379 e. The van der Waals surface area contributed by atoms with Crippen molar-refractivity contribution in [2.24, 2.45) is 5.16 Å². The van der Waals surface area contributed by atoms with E-state index in [1.54, 1.807) is 19.1 Å². The summed E-state index contributed by atoms with van der Waals surface area (Å²) in [6, 6.07) is 6.09. The zero-order chi connectivity index (χ0) is 18.2. The fraction of sp³-hybridized carbons (Fsp3) is 0.389. The number of benzene rings is 1. The average molecular weight is 344 g/mol. The third kappa shape index (κ3) is 3.14. The van der Waals surface area contributed by atoms with E-state index in [9.17, 15) is 9.18 Å². The van der Waals surface area contributed by atoms with Crippen LogP contribution >= 0.6 is 0 Å². The molecule has 0 saturated carbocycles. The highest BCUT2D eigenvalue weighted by Gasteiger charge is 2.42. The molecule has 7 heteroatoms. The number of oxime groups is 1. The summed E-state index contributed by atoms with van der Waals surface area (Å²) in [5.41, 5.74) is 2.35. The minimum Gasteiger partial charge on any atom is -0.379 e. The molecule has 25 heavy (non-hydrogen) atoms. The molecule has 1 N–H and O–H groups in total. The van der Waals surface area contributed by atoms with Gasteiger partial charge in [-0.1, -0.05) is 17.3 Å². The Kier molecular flexibility index (Phi) is 4.32. The van der Waals surface area contributed by atoms with E-state index in [0.717, 1.165) is 17.9 Å². The van der Waals surface area contributed by atoms with Crippen molar-refractivity contribution in [2.45, 2.75) is 46.3 Å². The Bertz CT molecular complexity index is 859. The van der Waals surface area contributed by atoms with Crippen LogP contribution in [0.15, 0.2) is 29.4 Å². The quantitative estimate of drug-likeness (QED) is 0.926. The van der Waals surface area contributed by atoms with Gasteiger partial charge in [0, 0.05) is 18.5 Å². The summed E-state index contributed by atoms with van der Waals surface area (Å²) in [6.07, 6.45) is 0.266. The van der Waals surface area contributed by atoms with Gasteiger partial charge in [-0.3, -0.25) is 9.48 Å². The minimum absolute atomic E-state index is 0.266. The zero-order valence-electron chi connectivity index (χ0n) is 14.8. The van der Waals surface area contributed by atoms with Crippen molar-refractivity contribution in [1.29, 1.82) is 0 Å². The van der Waals surface area contributed by atoms with Crippen LogP contribution in [0.5, 0.6) is 0 Å². The SMILES string of the molecule is CCn1nc(C)c(NC(=O)[C@@]2(C)CC(c3cccc(F)c3)=NO2)c1C. The lowest BCUT2D eigenvalue weighted by Crippen LogP contribution is -2.40. The van der Waals surface area contributed by atoms with Crippen molar-refractivity contribution >= 4 is 17.3 Å². The number of halogens is 1. The number of anilines is 1. The van der Waals surface area contributed by atoms with Crippen molar-refractivity contribution in [2.75, 3.05) is 5.32 Å². The molecule has 2 aromatic rings. The predicted molar refractivity (Wildman–Crippen MR) is 93.0 cm³/mol. The molecule has 2 heterocycles. The van der Waals surface area contributed by atoms with Crippen LogP contribution in [-0.2, 0) is 16.2 Å². The van der Waals surface area contributed by atoms with E-state index in [4.69, 9.17) is 4.84 Å². The fourth-order valence-electron chi connectivity index (χ4n) is 2.92. The number of aryl methyl sites for hydroxylation is 2. The van der Waals surface area contributed by atoms with Crippen LogP contribution in [0.25, 0.3) is 0 Å². The molecule has 1 aliphatic heterocycles. The van der Waals surface area contributed by atoms with Crippen LogP contribution in [0.4, 0.5) is 10.1 Å². The number of aromatic nitrogens is 2. The number of rotatable bonds is 4. The first kappa shape index (κ1) is 17.1. The van der Waals surface area contributed by atoms with E-state index in [1.165, 1.54) is 12.1 Å². The molecule has 132 valence electrons. The van der Waals surface area contributed by atoms with Gasteiger partial charge in [-0.25, -0.2) is 4.39 Å². The smallest absolute Gasteiger partial charge is 0.271 e. The van der Waals surface area contributed by atoms with Gasteiger partial charge in [0.05, 0.1) is 22.8 Å². The molecule has 0 unspecified atom stereocenters. The number of nitrogens with one attached hydrogen (secondary N) is 1. The molecule has 1 aliphatic rings. The summed E-state index contributed by atoms with van der Waals surface area (Å²) >= 11 is 0. The lowest BCUT2D eigenvalue weighted by molar-refractivity contribution is -0.135. The summed E-state index contributed by atoms with van der Waals surface area (Å²) in [5.74, 6) is -0.652. The average Bonchev–Trinajstić information content (AvgIpc) is 3.11. The third-order valence-electron chi connectivity index (χ3n) is 4.42. The van der Waals surface area contributed by atoms with E-state index < -0.39 is 5.60 Å². The third-order valence-corrected chi connectivity index (χ3v) is 4.42. The van der Waals surface area contributed by atoms with Crippen LogP contribution < -0.4 is 5.32 Å². The van der Waals surface area contributed by atoms with E-state index in [2.05, 4.69) is 15.6 Å². The fourth-order valence-corrected chi connectivity index (χ4v) is 2.92. The van der Waals surface area contributed by atoms with Gasteiger partial charge in [0.25, 0.3) is 5.91 Å². The maximum atomic E-state index is 13.4. The van der Waals surface area contributed by atoms with Gasteiger partial charge in [-0.2, -0.15) is 5.10 Å². The molecule has 3 rings (SSSR count). The maximum absolute atomic E-state index is 13.4. The first-order valence-electron chi connectivity index (χ1n) is 8.20.